The molecule has 1 rings (SSSR count). The number of hydrogen-bond acceptors (Lipinski definition) is 4. The Morgan fingerprint density at radius 3 is 2.44 bits per heavy atom. The van der Waals surface area contributed by atoms with Gasteiger partial charge in [0.1, 0.15) is 0 Å². The van der Waals surface area contributed by atoms with Gasteiger partial charge < -0.3 is 5.73 Å². The maximum atomic E-state index is 11.5. The maximum Gasteiger partial charge on any atom is 0.153 e. The number of rotatable bonds is 4. The molecule has 2 N–H and O–H groups in total. The van der Waals surface area contributed by atoms with E-state index in [1.165, 1.54) is 0 Å². The van der Waals surface area contributed by atoms with E-state index in [0.29, 0.717) is 30.5 Å². The molecule has 1 aliphatic heterocycles. The molecule has 2 unspecified atom stereocenters. The van der Waals surface area contributed by atoms with Crippen LogP contribution in [0.2, 0.25) is 0 Å². The Labute approximate surface area is 112 Å². The van der Waals surface area contributed by atoms with E-state index in [0.717, 1.165) is 13.0 Å². The van der Waals surface area contributed by atoms with Crippen molar-refractivity contribution in [3.8, 4) is 0 Å². The minimum absolute atomic E-state index is 0.123. The van der Waals surface area contributed by atoms with Crippen molar-refractivity contribution < 1.29 is 8.42 Å². The van der Waals surface area contributed by atoms with Gasteiger partial charge in [-0.2, -0.15) is 0 Å². The number of nitrogens with two attached hydrogens (primary N) is 1. The molecule has 1 heterocycles. The van der Waals surface area contributed by atoms with Crippen LogP contribution < -0.4 is 5.73 Å². The van der Waals surface area contributed by atoms with E-state index < -0.39 is 9.84 Å². The monoisotopic (exact) mass is 276 g/mol. The predicted molar refractivity (Wildman–Crippen MR) is 76.3 cm³/mol. The molecule has 0 spiro atoms. The molecule has 0 saturated carbocycles. The van der Waals surface area contributed by atoms with Crippen molar-refractivity contribution in [1.82, 2.24) is 4.90 Å². The molecule has 0 bridgehead atoms. The largest absolute Gasteiger partial charge is 0.330 e. The number of sulfone groups is 1. The van der Waals surface area contributed by atoms with Gasteiger partial charge in [-0.3, -0.25) is 4.90 Å². The first-order valence-electron chi connectivity index (χ1n) is 6.77. The van der Waals surface area contributed by atoms with Crippen LogP contribution in [-0.4, -0.2) is 50.5 Å². The summed E-state index contributed by atoms with van der Waals surface area (Å²) in [4.78, 5) is 2.28. The van der Waals surface area contributed by atoms with Crippen molar-refractivity contribution in [3.05, 3.63) is 0 Å². The molecule has 0 aromatic rings. The third kappa shape index (κ3) is 5.24. The lowest BCUT2D eigenvalue weighted by atomic mass is 9.84. The Balaban J connectivity index is 2.56. The summed E-state index contributed by atoms with van der Waals surface area (Å²) in [5.74, 6) is 1.04. The van der Waals surface area contributed by atoms with Gasteiger partial charge in [0.2, 0.25) is 0 Å². The van der Waals surface area contributed by atoms with Gasteiger partial charge in [0.15, 0.2) is 9.84 Å². The van der Waals surface area contributed by atoms with E-state index >= 15 is 0 Å². The highest BCUT2D eigenvalue weighted by molar-refractivity contribution is 7.91. The second-order valence-corrected chi connectivity index (χ2v) is 9.05. The van der Waals surface area contributed by atoms with Crippen LogP contribution in [0.5, 0.6) is 0 Å². The van der Waals surface area contributed by atoms with E-state index in [1.807, 2.05) is 6.92 Å². The molecule has 0 amide bonds. The molecule has 1 saturated heterocycles. The maximum absolute atomic E-state index is 11.5. The zero-order valence-electron chi connectivity index (χ0n) is 12.1. The van der Waals surface area contributed by atoms with Gasteiger partial charge in [-0.25, -0.2) is 8.42 Å². The highest BCUT2D eigenvalue weighted by Gasteiger charge is 2.30. The average Bonchev–Trinajstić information content (AvgIpc) is 2.18. The van der Waals surface area contributed by atoms with Crippen molar-refractivity contribution in [2.24, 2.45) is 17.1 Å². The summed E-state index contributed by atoms with van der Waals surface area (Å²) in [6.45, 7) is 10.9. The van der Waals surface area contributed by atoms with Crippen molar-refractivity contribution in [1.29, 1.82) is 0 Å². The second-order valence-electron chi connectivity index (χ2n) is 6.82. The summed E-state index contributed by atoms with van der Waals surface area (Å²) in [6.07, 6.45) is 1.08. The standard InChI is InChI=1S/C13H28N2O2S/c1-11-10-18(16,17)6-5-15(11)9-12(8-14)7-13(2,3)4/h11-12H,5-10,14H2,1-4H3. The third-order valence-corrected chi connectivity index (χ3v) is 5.33. The summed E-state index contributed by atoms with van der Waals surface area (Å²) in [7, 11) is -2.82. The van der Waals surface area contributed by atoms with Crippen LogP contribution in [0.3, 0.4) is 0 Å². The molecule has 0 aromatic carbocycles. The SMILES string of the molecule is CC1CS(=O)(=O)CCN1CC(CN)CC(C)(C)C. The number of nitrogens with zero attached hydrogens (tertiary/aromatic N) is 1. The molecule has 18 heavy (non-hydrogen) atoms. The van der Waals surface area contributed by atoms with Crippen LogP contribution in [0, 0.1) is 11.3 Å². The van der Waals surface area contributed by atoms with Crippen molar-refractivity contribution in [3.63, 3.8) is 0 Å². The van der Waals surface area contributed by atoms with Crippen LogP contribution in [0.15, 0.2) is 0 Å². The summed E-state index contributed by atoms with van der Waals surface area (Å²) in [5.41, 5.74) is 6.12. The van der Waals surface area contributed by atoms with Gasteiger partial charge in [0, 0.05) is 19.1 Å². The molecule has 1 fully saturated rings. The highest BCUT2D eigenvalue weighted by Crippen LogP contribution is 2.25. The first kappa shape index (κ1) is 15.9. The summed E-state index contributed by atoms with van der Waals surface area (Å²) < 4.78 is 23.1. The highest BCUT2D eigenvalue weighted by atomic mass is 32.2. The van der Waals surface area contributed by atoms with Crippen molar-refractivity contribution in [2.45, 2.75) is 40.2 Å². The van der Waals surface area contributed by atoms with Crippen LogP contribution in [-0.2, 0) is 9.84 Å². The fraction of sp³-hybridized carbons (Fsp3) is 1.00. The third-order valence-electron chi connectivity index (χ3n) is 3.54. The molecule has 0 aliphatic carbocycles. The van der Waals surface area contributed by atoms with Crippen LogP contribution >= 0.6 is 0 Å². The van der Waals surface area contributed by atoms with Crippen LogP contribution in [0.25, 0.3) is 0 Å². The molecule has 108 valence electrons. The first-order chi connectivity index (χ1) is 8.13. The zero-order valence-corrected chi connectivity index (χ0v) is 13.0. The number of hydrogen-bond donors (Lipinski definition) is 1. The van der Waals surface area contributed by atoms with Gasteiger partial charge in [0.25, 0.3) is 0 Å². The molecule has 2 atom stereocenters. The summed E-state index contributed by atoms with van der Waals surface area (Å²) in [5, 5.41) is 0. The van der Waals surface area contributed by atoms with Gasteiger partial charge in [-0.1, -0.05) is 20.8 Å². The van der Waals surface area contributed by atoms with E-state index in [1.54, 1.807) is 0 Å². The van der Waals surface area contributed by atoms with E-state index in [9.17, 15) is 8.42 Å². The quantitative estimate of drug-likeness (QED) is 0.835. The smallest absolute Gasteiger partial charge is 0.153 e. The average molecular weight is 276 g/mol. The Hall–Kier alpha value is -0.130. The Bertz CT molecular complexity index is 360. The van der Waals surface area contributed by atoms with Gasteiger partial charge >= 0.3 is 0 Å². The fourth-order valence-electron chi connectivity index (χ4n) is 2.72. The Kier molecular flexibility index (Phi) is 5.21. The molecule has 4 nitrogen and oxygen atoms in total. The van der Waals surface area contributed by atoms with Crippen LogP contribution in [0.4, 0.5) is 0 Å². The zero-order chi connectivity index (χ0) is 14.0. The Morgan fingerprint density at radius 2 is 2.00 bits per heavy atom. The topological polar surface area (TPSA) is 63.4 Å². The van der Waals surface area contributed by atoms with E-state index in [4.69, 9.17) is 5.73 Å². The summed E-state index contributed by atoms with van der Waals surface area (Å²) in [6, 6.07) is 0.123. The Morgan fingerprint density at radius 1 is 1.39 bits per heavy atom. The van der Waals surface area contributed by atoms with Gasteiger partial charge in [0.05, 0.1) is 11.5 Å². The normalized spacial score (nSPS) is 27.1. The van der Waals surface area contributed by atoms with Crippen LogP contribution in [0.1, 0.15) is 34.1 Å². The molecule has 5 heteroatoms. The summed E-state index contributed by atoms with van der Waals surface area (Å²) >= 11 is 0. The molecular weight excluding hydrogens is 248 g/mol. The lowest BCUT2D eigenvalue weighted by Crippen LogP contribution is -2.49. The minimum Gasteiger partial charge on any atom is -0.330 e. The minimum atomic E-state index is -2.82. The lowest BCUT2D eigenvalue weighted by Gasteiger charge is -2.37. The van der Waals surface area contributed by atoms with Gasteiger partial charge in [-0.15, -0.1) is 0 Å². The second kappa shape index (κ2) is 5.88. The predicted octanol–water partition coefficient (Wildman–Crippen LogP) is 1.12. The fourth-order valence-corrected chi connectivity index (χ4v) is 4.35. The van der Waals surface area contributed by atoms with Gasteiger partial charge in [-0.05, 0) is 31.2 Å². The molecule has 1 aliphatic rings. The lowest BCUT2D eigenvalue weighted by molar-refractivity contribution is 0.166. The van der Waals surface area contributed by atoms with Crippen molar-refractivity contribution in [2.75, 3.05) is 31.1 Å². The molecular formula is C13H28N2O2S. The van der Waals surface area contributed by atoms with E-state index in [2.05, 4.69) is 25.7 Å². The molecule has 0 aromatic heterocycles. The van der Waals surface area contributed by atoms with Crippen molar-refractivity contribution >= 4 is 9.84 Å². The first-order valence-corrected chi connectivity index (χ1v) is 8.59. The molecule has 0 radical (unpaired) electrons. The van der Waals surface area contributed by atoms with E-state index in [-0.39, 0.29) is 11.5 Å².